The van der Waals surface area contributed by atoms with Crippen molar-refractivity contribution in [2.45, 2.75) is 17.2 Å². The maximum atomic E-state index is 5.72. The highest BCUT2D eigenvalue weighted by molar-refractivity contribution is 7.80. The van der Waals surface area contributed by atoms with Crippen LogP contribution in [0.4, 0.5) is 0 Å². The third-order valence-electron chi connectivity index (χ3n) is 1.32. The van der Waals surface area contributed by atoms with Crippen LogP contribution in [0.3, 0.4) is 0 Å². The molecule has 1 aromatic carbocycles. The molecule has 0 saturated carbocycles. The van der Waals surface area contributed by atoms with Crippen LogP contribution >= 0.6 is 24.2 Å². The molecular weight excluding hydrogens is 192 g/mol. The molecule has 0 N–H and O–H groups in total. The minimum atomic E-state index is 0.0423. The van der Waals surface area contributed by atoms with Crippen LogP contribution in [0, 0.1) is 0 Å². The number of alkyl halides is 1. The Bertz CT molecular complexity index is 233. The van der Waals surface area contributed by atoms with Gasteiger partial charge in [0.2, 0.25) is 0 Å². The van der Waals surface area contributed by atoms with Gasteiger partial charge in [-0.05, 0) is 31.2 Å². The lowest BCUT2D eigenvalue weighted by molar-refractivity contribution is 0.320. The first-order chi connectivity index (χ1) is 5.68. The van der Waals surface area contributed by atoms with E-state index in [0.717, 1.165) is 10.6 Å². The smallest absolute Gasteiger partial charge is 0.119 e. The second-order valence-electron chi connectivity index (χ2n) is 2.59. The quantitative estimate of drug-likeness (QED) is 0.586. The molecule has 66 valence electrons. The van der Waals surface area contributed by atoms with E-state index in [1.165, 1.54) is 0 Å². The normalized spacial score (nSPS) is 12.6. The van der Waals surface area contributed by atoms with Crippen molar-refractivity contribution >= 4 is 24.2 Å². The van der Waals surface area contributed by atoms with Gasteiger partial charge in [0.25, 0.3) is 0 Å². The van der Waals surface area contributed by atoms with Gasteiger partial charge >= 0.3 is 0 Å². The van der Waals surface area contributed by atoms with Gasteiger partial charge in [0.15, 0.2) is 0 Å². The van der Waals surface area contributed by atoms with Crippen LogP contribution in [0.5, 0.6) is 5.75 Å². The van der Waals surface area contributed by atoms with E-state index in [0.29, 0.717) is 6.61 Å². The summed E-state index contributed by atoms with van der Waals surface area (Å²) < 4.78 is 5.36. The van der Waals surface area contributed by atoms with Crippen molar-refractivity contribution < 1.29 is 4.74 Å². The topological polar surface area (TPSA) is 9.23 Å². The average molecular weight is 203 g/mol. The molecular formula is C9H11ClOS. The molecule has 0 spiro atoms. The summed E-state index contributed by atoms with van der Waals surface area (Å²) in [6.45, 7) is 2.43. The Kier molecular flexibility index (Phi) is 3.76. The molecule has 0 amide bonds. The first-order valence-corrected chi connectivity index (χ1v) is 4.63. The molecule has 0 heterocycles. The number of ether oxygens (including phenoxy) is 1. The highest BCUT2D eigenvalue weighted by Gasteiger charge is 1.97. The molecule has 0 aliphatic rings. The molecule has 1 nitrogen and oxygen atoms in total. The van der Waals surface area contributed by atoms with E-state index in [2.05, 4.69) is 12.6 Å². The van der Waals surface area contributed by atoms with E-state index >= 15 is 0 Å². The lowest BCUT2D eigenvalue weighted by atomic mass is 10.3. The molecule has 0 aliphatic carbocycles. The lowest BCUT2D eigenvalue weighted by Crippen LogP contribution is -2.06. The van der Waals surface area contributed by atoms with Crippen LogP contribution in [0.1, 0.15) is 6.92 Å². The molecule has 0 aliphatic heterocycles. The van der Waals surface area contributed by atoms with Gasteiger partial charge in [-0.15, -0.1) is 24.2 Å². The summed E-state index contributed by atoms with van der Waals surface area (Å²) in [4.78, 5) is 0.932. The van der Waals surface area contributed by atoms with Crippen molar-refractivity contribution in [3.05, 3.63) is 24.3 Å². The monoisotopic (exact) mass is 202 g/mol. The van der Waals surface area contributed by atoms with Crippen molar-refractivity contribution in [2.75, 3.05) is 6.61 Å². The fourth-order valence-corrected chi connectivity index (χ4v) is 0.965. The summed E-state index contributed by atoms with van der Waals surface area (Å²) in [5, 5.41) is 0.0423. The van der Waals surface area contributed by atoms with Gasteiger partial charge in [0.05, 0.1) is 5.38 Å². The van der Waals surface area contributed by atoms with Gasteiger partial charge in [-0.2, -0.15) is 0 Å². The molecule has 1 rings (SSSR count). The molecule has 0 bridgehead atoms. The Hall–Kier alpha value is -0.340. The number of hydrogen-bond acceptors (Lipinski definition) is 2. The summed E-state index contributed by atoms with van der Waals surface area (Å²) in [6, 6.07) is 7.53. The van der Waals surface area contributed by atoms with Gasteiger partial charge < -0.3 is 4.74 Å². The molecule has 0 saturated heterocycles. The molecule has 1 aromatic rings. The third kappa shape index (κ3) is 3.37. The van der Waals surface area contributed by atoms with Crippen LogP contribution in [0.25, 0.3) is 0 Å². The summed E-state index contributed by atoms with van der Waals surface area (Å²) in [6.07, 6.45) is 0. The number of hydrogen-bond donors (Lipinski definition) is 1. The van der Waals surface area contributed by atoms with Gasteiger partial charge in [0, 0.05) is 4.90 Å². The zero-order valence-corrected chi connectivity index (χ0v) is 8.48. The minimum absolute atomic E-state index is 0.0423. The van der Waals surface area contributed by atoms with E-state index < -0.39 is 0 Å². The van der Waals surface area contributed by atoms with Crippen LogP contribution in [0.15, 0.2) is 29.2 Å². The van der Waals surface area contributed by atoms with Gasteiger partial charge in [0.1, 0.15) is 12.4 Å². The second kappa shape index (κ2) is 4.63. The van der Waals surface area contributed by atoms with Crippen LogP contribution in [0.2, 0.25) is 0 Å². The zero-order chi connectivity index (χ0) is 8.97. The molecule has 0 aromatic heterocycles. The van der Waals surface area contributed by atoms with Crippen molar-refractivity contribution in [3.63, 3.8) is 0 Å². The molecule has 3 heteroatoms. The number of halogens is 1. The fraction of sp³-hybridized carbons (Fsp3) is 0.333. The van der Waals surface area contributed by atoms with E-state index in [9.17, 15) is 0 Å². The summed E-state index contributed by atoms with van der Waals surface area (Å²) in [5.41, 5.74) is 0. The largest absolute Gasteiger partial charge is 0.492 e. The van der Waals surface area contributed by atoms with Crippen molar-refractivity contribution in [3.8, 4) is 5.75 Å². The van der Waals surface area contributed by atoms with Crippen LogP contribution < -0.4 is 4.74 Å². The predicted molar refractivity (Wildman–Crippen MR) is 54.5 cm³/mol. The van der Waals surface area contributed by atoms with E-state index in [4.69, 9.17) is 16.3 Å². The predicted octanol–water partition coefficient (Wildman–Crippen LogP) is 2.98. The summed E-state index contributed by atoms with van der Waals surface area (Å²) in [5.74, 6) is 0.834. The molecule has 0 fully saturated rings. The van der Waals surface area contributed by atoms with Gasteiger partial charge in [-0.1, -0.05) is 0 Å². The molecule has 1 atom stereocenters. The second-order valence-corrected chi connectivity index (χ2v) is 3.85. The van der Waals surface area contributed by atoms with E-state index in [1.54, 1.807) is 0 Å². The lowest BCUT2D eigenvalue weighted by Gasteiger charge is -2.06. The Labute approximate surface area is 83.1 Å². The first-order valence-electron chi connectivity index (χ1n) is 3.74. The third-order valence-corrected chi connectivity index (χ3v) is 1.74. The van der Waals surface area contributed by atoms with Gasteiger partial charge in [-0.3, -0.25) is 0 Å². The Balaban J connectivity index is 2.48. The SMILES string of the molecule is CC(Cl)COc1ccc(S)cc1. The number of rotatable bonds is 3. The fourth-order valence-electron chi connectivity index (χ4n) is 0.753. The van der Waals surface area contributed by atoms with Crippen LogP contribution in [-0.2, 0) is 0 Å². The van der Waals surface area contributed by atoms with E-state index in [-0.39, 0.29) is 5.38 Å². The van der Waals surface area contributed by atoms with Crippen molar-refractivity contribution in [2.24, 2.45) is 0 Å². The number of benzene rings is 1. The maximum Gasteiger partial charge on any atom is 0.119 e. The average Bonchev–Trinajstić information content (AvgIpc) is 2.03. The zero-order valence-electron chi connectivity index (χ0n) is 6.83. The summed E-state index contributed by atoms with van der Waals surface area (Å²) in [7, 11) is 0. The molecule has 1 unspecified atom stereocenters. The summed E-state index contributed by atoms with van der Waals surface area (Å²) >= 11 is 9.88. The number of thiol groups is 1. The van der Waals surface area contributed by atoms with Crippen LogP contribution in [-0.4, -0.2) is 12.0 Å². The molecule has 0 radical (unpaired) electrons. The highest BCUT2D eigenvalue weighted by Crippen LogP contribution is 2.14. The standard InChI is InChI=1S/C9H11ClOS/c1-7(10)6-11-8-2-4-9(12)5-3-8/h2-5,7,12H,6H2,1H3. The van der Waals surface area contributed by atoms with Crippen molar-refractivity contribution in [1.29, 1.82) is 0 Å². The minimum Gasteiger partial charge on any atom is -0.492 e. The van der Waals surface area contributed by atoms with E-state index in [1.807, 2.05) is 31.2 Å². The Morgan fingerprint density at radius 3 is 2.50 bits per heavy atom. The maximum absolute atomic E-state index is 5.72. The Morgan fingerprint density at radius 2 is 2.00 bits per heavy atom. The highest BCUT2D eigenvalue weighted by atomic mass is 35.5. The van der Waals surface area contributed by atoms with Gasteiger partial charge in [-0.25, -0.2) is 0 Å². The first kappa shape index (κ1) is 9.75. The van der Waals surface area contributed by atoms with Crippen molar-refractivity contribution in [1.82, 2.24) is 0 Å². The Morgan fingerprint density at radius 1 is 1.42 bits per heavy atom. The molecule has 12 heavy (non-hydrogen) atoms.